The van der Waals surface area contributed by atoms with Gasteiger partial charge in [0.2, 0.25) is 11.1 Å². The lowest BCUT2D eigenvalue weighted by atomic mass is 10.0. The molecule has 7 nitrogen and oxygen atoms in total. The average molecular weight is 471 g/mol. The molecule has 1 aliphatic heterocycles. The fourth-order valence-electron chi connectivity index (χ4n) is 3.83. The van der Waals surface area contributed by atoms with E-state index in [1.165, 1.54) is 24.0 Å². The molecular weight excluding hydrogens is 451 g/mol. The van der Waals surface area contributed by atoms with E-state index in [2.05, 4.69) is 5.10 Å². The first kappa shape index (κ1) is 23.2. The normalized spacial score (nSPS) is 13.4. The fraction of sp³-hybridized carbons (Fsp3) is 0.250. The molecule has 1 amide bonds. The van der Waals surface area contributed by atoms with Crippen molar-refractivity contribution >= 4 is 17.6 Å². The van der Waals surface area contributed by atoms with Crippen LogP contribution < -0.4 is 10.3 Å². The van der Waals surface area contributed by atoms with Gasteiger partial charge in [0.25, 0.3) is 5.91 Å². The highest BCUT2D eigenvalue weighted by atomic mass is 19.4. The summed E-state index contributed by atoms with van der Waals surface area (Å²) in [6.07, 6.45) is -2.97. The zero-order valence-electron chi connectivity index (χ0n) is 18.1. The summed E-state index contributed by atoms with van der Waals surface area (Å²) >= 11 is 0. The average Bonchev–Trinajstić information content (AvgIpc) is 2.81. The van der Waals surface area contributed by atoms with Crippen molar-refractivity contribution in [2.24, 2.45) is 0 Å². The molecule has 176 valence electrons. The van der Waals surface area contributed by atoms with Crippen molar-refractivity contribution in [1.82, 2.24) is 9.78 Å². The van der Waals surface area contributed by atoms with Gasteiger partial charge in [0.15, 0.2) is 6.61 Å². The van der Waals surface area contributed by atoms with E-state index in [-0.39, 0.29) is 11.4 Å². The zero-order chi connectivity index (χ0) is 24.5. The molecule has 0 unspecified atom stereocenters. The van der Waals surface area contributed by atoms with Gasteiger partial charge in [0.05, 0.1) is 11.3 Å². The Morgan fingerprint density at radius 2 is 1.85 bits per heavy atom. The van der Waals surface area contributed by atoms with Crippen LogP contribution >= 0.6 is 0 Å². The summed E-state index contributed by atoms with van der Waals surface area (Å²) in [5, 5.41) is 3.93. The third-order valence-corrected chi connectivity index (χ3v) is 5.46. The van der Waals surface area contributed by atoms with Crippen molar-refractivity contribution in [3.8, 4) is 5.69 Å². The van der Waals surface area contributed by atoms with Crippen molar-refractivity contribution in [1.29, 1.82) is 0 Å². The van der Waals surface area contributed by atoms with Crippen LogP contribution in [0, 0.1) is 6.92 Å². The molecule has 0 saturated carbocycles. The third-order valence-electron chi connectivity index (χ3n) is 5.46. The number of aryl methyl sites for hydroxylation is 2. The first-order valence-corrected chi connectivity index (χ1v) is 10.5. The number of halogens is 3. The summed E-state index contributed by atoms with van der Waals surface area (Å²) in [5.74, 6) is -1.59. The summed E-state index contributed by atoms with van der Waals surface area (Å²) in [7, 11) is 0. The Labute approximate surface area is 192 Å². The number of hydrogen-bond donors (Lipinski definition) is 0. The molecule has 0 aliphatic carbocycles. The van der Waals surface area contributed by atoms with Gasteiger partial charge in [-0.05, 0) is 49.6 Å². The van der Waals surface area contributed by atoms with E-state index in [4.69, 9.17) is 4.74 Å². The van der Waals surface area contributed by atoms with Crippen molar-refractivity contribution in [2.45, 2.75) is 25.9 Å². The van der Waals surface area contributed by atoms with Crippen LogP contribution in [0.3, 0.4) is 0 Å². The Balaban J connectivity index is 1.55. The standard InChI is InChI=1S/C24H20F3N3O4/c1-15-12-20(31)22(28-30(15)18-9-4-8-17(13-18)24(25,26)27)23(33)34-14-21(32)29-11-5-7-16-6-2-3-10-19(16)29/h2-4,6,8-10,12-13H,5,7,11,14H2,1H3. The smallest absolute Gasteiger partial charge is 0.416 e. The quantitative estimate of drug-likeness (QED) is 0.542. The van der Waals surface area contributed by atoms with Gasteiger partial charge in [-0.3, -0.25) is 9.59 Å². The predicted octanol–water partition coefficient (Wildman–Crippen LogP) is 3.70. The highest BCUT2D eigenvalue weighted by Gasteiger charge is 2.31. The molecular formula is C24H20F3N3O4. The number of hydrogen-bond acceptors (Lipinski definition) is 5. The molecule has 0 atom stereocenters. The minimum atomic E-state index is -4.57. The molecule has 2 aromatic carbocycles. The molecule has 34 heavy (non-hydrogen) atoms. The summed E-state index contributed by atoms with van der Waals surface area (Å²) in [6, 6.07) is 12.8. The Morgan fingerprint density at radius 1 is 1.09 bits per heavy atom. The molecule has 4 rings (SSSR count). The molecule has 1 aliphatic rings. The van der Waals surface area contributed by atoms with Crippen LogP contribution in [0.25, 0.3) is 5.69 Å². The van der Waals surface area contributed by atoms with E-state index in [1.807, 2.05) is 24.3 Å². The molecule has 0 saturated heterocycles. The molecule has 0 N–H and O–H groups in total. The van der Waals surface area contributed by atoms with Gasteiger partial charge in [0, 0.05) is 24.0 Å². The topological polar surface area (TPSA) is 81.5 Å². The second kappa shape index (κ2) is 9.12. The number of anilines is 1. The number of nitrogens with zero attached hydrogens (tertiary/aromatic N) is 3. The first-order valence-electron chi connectivity index (χ1n) is 10.5. The van der Waals surface area contributed by atoms with Crippen molar-refractivity contribution in [3.63, 3.8) is 0 Å². The van der Waals surface area contributed by atoms with E-state index < -0.39 is 41.3 Å². The van der Waals surface area contributed by atoms with E-state index in [0.717, 1.165) is 47.0 Å². The van der Waals surface area contributed by atoms with Gasteiger partial charge < -0.3 is 9.64 Å². The molecule has 10 heteroatoms. The molecule has 0 bridgehead atoms. The summed E-state index contributed by atoms with van der Waals surface area (Å²) in [6.45, 7) is 1.34. The highest BCUT2D eigenvalue weighted by molar-refractivity contribution is 5.97. The number of fused-ring (bicyclic) bond motifs is 1. The largest absolute Gasteiger partial charge is 0.451 e. The van der Waals surface area contributed by atoms with Gasteiger partial charge in [-0.25, -0.2) is 9.48 Å². The summed E-state index contributed by atoms with van der Waals surface area (Å²) < 4.78 is 45.4. The van der Waals surface area contributed by atoms with Crippen LogP contribution in [-0.2, 0) is 22.1 Å². The van der Waals surface area contributed by atoms with E-state index in [9.17, 15) is 27.6 Å². The second-order valence-electron chi connectivity index (χ2n) is 7.81. The molecule has 1 aromatic heterocycles. The Kier molecular flexibility index (Phi) is 6.23. The summed E-state index contributed by atoms with van der Waals surface area (Å²) in [5.41, 5.74) is -0.296. The number of alkyl halides is 3. The Morgan fingerprint density at radius 3 is 2.62 bits per heavy atom. The van der Waals surface area contributed by atoms with Crippen LogP contribution in [0.2, 0.25) is 0 Å². The molecule has 0 radical (unpaired) electrons. The molecule has 3 aromatic rings. The monoisotopic (exact) mass is 471 g/mol. The second-order valence-corrected chi connectivity index (χ2v) is 7.81. The van der Waals surface area contributed by atoms with Gasteiger partial charge in [-0.15, -0.1) is 0 Å². The Hall–Kier alpha value is -3.95. The van der Waals surface area contributed by atoms with Crippen molar-refractivity contribution in [3.05, 3.63) is 87.3 Å². The number of benzene rings is 2. The maximum atomic E-state index is 13.1. The number of amides is 1. The van der Waals surface area contributed by atoms with Gasteiger partial charge in [0.1, 0.15) is 0 Å². The van der Waals surface area contributed by atoms with E-state index >= 15 is 0 Å². The van der Waals surface area contributed by atoms with Crippen LogP contribution in [0.5, 0.6) is 0 Å². The van der Waals surface area contributed by atoms with Gasteiger partial charge >= 0.3 is 12.1 Å². The lowest BCUT2D eigenvalue weighted by Gasteiger charge is -2.29. The van der Waals surface area contributed by atoms with Gasteiger partial charge in [-0.1, -0.05) is 24.3 Å². The maximum Gasteiger partial charge on any atom is 0.416 e. The maximum absolute atomic E-state index is 13.1. The van der Waals surface area contributed by atoms with Crippen LogP contribution in [0.1, 0.15) is 33.7 Å². The number of carbonyl (C=O) groups excluding carboxylic acids is 2. The van der Waals surface area contributed by atoms with Crippen LogP contribution in [0.15, 0.2) is 59.4 Å². The highest BCUT2D eigenvalue weighted by Crippen LogP contribution is 2.30. The number of ether oxygens (including phenoxy) is 1. The minimum Gasteiger partial charge on any atom is -0.451 e. The Bertz CT molecular complexity index is 1320. The SMILES string of the molecule is Cc1cc(=O)c(C(=O)OCC(=O)N2CCCc3ccccc32)nn1-c1cccc(C(F)(F)F)c1. The van der Waals surface area contributed by atoms with Crippen molar-refractivity contribution < 1.29 is 27.5 Å². The number of para-hydroxylation sites is 1. The van der Waals surface area contributed by atoms with E-state index in [1.54, 1.807) is 0 Å². The number of aromatic nitrogens is 2. The lowest BCUT2D eigenvalue weighted by Crippen LogP contribution is -2.38. The van der Waals surface area contributed by atoms with Gasteiger partial charge in [-0.2, -0.15) is 18.3 Å². The molecule has 0 fully saturated rings. The molecule has 2 heterocycles. The minimum absolute atomic E-state index is 0.0161. The predicted molar refractivity (Wildman–Crippen MR) is 117 cm³/mol. The zero-order valence-corrected chi connectivity index (χ0v) is 18.1. The fourth-order valence-corrected chi connectivity index (χ4v) is 3.83. The lowest BCUT2D eigenvalue weighted by molar-refractivity contribution is -0.137. The van der Waals surface area contributed by atoms with E-state index in [0.29, 0.717) is 6.54 Å². The molecule has 0 spiro atoms. The third kappa shape index (κ3) is 4.70. The number of rotatable bonds is 4. The summed E-state index contributed by atoms with van der Waals surface area (Å²) in [4.78, 5) is 39.1. The number of esters is 1. The van der Waals surface area contributed by atoms with Crippen LogP contribution in [-0.4, -0.2) is 34.8 Å². The van der Waals surface area contributed by atoms with Crippen LogP contribution in [0.4, 0.5) is 18.9 Å². The number of carbonyl (C=O) groups is 2. The first-order chi connectivity index (χ1) is 16.1. The van der Waals surface area contributed by atoms with Crippen molar-refractivity contribution in [2.75, 3.05) is 18.1 Å².